The van der Waals surface area contributed by atoms with Crippen molar-refractivity contribution >= 4 is 0 Å². The maximum atomic E-state index is 4.43. The van der Waals surface area contributed by atoms with Crippen molar-refractivity contribution in [2.45, 2.75) is 65.2 Å². The highest BCUT2D eigenvalue weighted by Gasteiger charge is 2.21. The summed E-state index contributed by atoms with van der Waals surface area (Å²) in [6.07, 6.45) is 4.29. The van der Waals surface area contributed by atoms with Gasteiger partial charge in [0.1, 0.15) is 11.6 Å². The molecule has 0 saturated carbocycles. The fraction of sp³-hybridized carbons (Fsp3) is 0.769. The van der Waals surface area contributed by atoms with E-state index < -0.39 is 0 Å². The fourth-order valence-corrected chi connectivity index (χ4v) is 2.67. The monoisotopic (exact) mass is 290 g/mol. The average molecular weight is 290 g/mol. The molecule has 3 rings (SSSR count). The molecule has 1 atom stereocenters. The number of hydrogen-bond donors (Lipinski definition) is 1. The lowest BCUT2D eigenvalue weighted by molar-refractivity contribution is 0.351. The summed E-state index contributed by atoms with van der Waals surface area (Å²) in [6.45, 7) is 6.56. The molecule has 0 fully saturated rings. The van der Waals surface area contributed by atoms with Gasteiger partial charge in [-0.2, -0.15) is 5.10 Å². The summed E-state index contributed by atoms with van der Waals surface area (Å²) in [5.41, 5.74) is 0. The van der Waals surface area contributed by atoms with Gasteiger partial charge in [-0.15, -0.1) is 5.10 Å². The van der Waals surface area contributed by atoms with E-state index >= 15 is 0 Å². The first-order valence-corrected chi connectivity index (χ1v) is 7.65. The van der Waals surface area contributed by atoms with Gasteiger partial charge in [0.2, 0.25) is 0 Å². The van der Waals surface area contributed by atoms with Gasteiger partial charge >= 0.3 is 0 Å². The molecule has 2 aromatic rings. The Morgan fingerprint density at radius 3 is 3.14 bits per heavy atom. The molecule has 0 aromatic carbocycles. The molecule has 2 aromatic heterocycles. The molecule has 8 heteroatoms. The Hall–Kier alpha value is -1.83. The quantitative estimate of drug-likeness (QED) is 0.832. The van der Waals surface area contributed by atoms with Crippen LogP contribution in [0.1, 0.15) is 43.7 Å². The third-order valence-electron chi connectivity index (χ3n) is 3.84. The number of tetrazole rings is 1. The standard InChI is InChI=1S/C13H22N8/c1-3-4-7-20-13(16-18-19-20)8-14-11-5-6-12-15-10(2)17-21(12)9-11/h11,14H,3-9H2,1-2H3. The Morgan fingerprint density at radius 2 is 2.29 bits per heavy atom. The van der Waals surface area contributed by atoms with Gasteiger partial charge in [0.05, 0.1) is 13.1 Å². The molecule has 114 valence electrons. The van der Waals surface area contributed by atoms with Crippen LogP contribution < -0.4 is 5.32 Å². The Balaban J connectivity index is 1.55. The normalized spacial score (nSPS) is 17.9. The predicted octanol–water partition coefficient (Wildman–Crippen LogP) is 0.478. The van der Waals surface area contributed by atoms with Crippen LogP contribution in [-0.4, -0.2) is 41.0 Å². The molecule has 1 N–H and O–H groups in total. The Morgan fingerprint density at radius 1 is 1.38 bits per heavy atom. The van der Waals surface area contributed by atoms with Gasteiger partial charge in [-0.05, 0) is 30.2 Å². The summed E-state index contributed by atoms with van der Waals surface area (Å²) in [5, 5.41) is 19.9. The summed E-state index contributed by atoms with van der Waals surface area (Å²) in [6, 6.07) is 0.398. The van der Waals surface area contributed by atoms with E-state index in [-0.39, 0.29) is 0 Å². The van der Waals surface area contributed by atoms with Crippen LogP contribution in [0.2, 0.25) is 0 Å². The molecule has 0 bridgehead atoms. The molecule has 0 radical (unpaired) electrons. The van der Waals surface area contributed by atoms with Crippen LogP contribution in [0.15, 0.2) is 0 Å². The highest BCUT2D eigenvalue weighted by atomic mass is 15.5. The lowest BCUT2D eigenvalue weighted by Gasteiger charge is -2.23. The number of aromatic nitrogens is 7. The minimum absolute atomic E-state index is 0.398. The molecule has 0 amide bonds. The predicted molar refractivity (Wildman–Crippen MR) is 76.4 cm³/mol. The summed E-state index contributed by atoms with van der Waals surface area (Å²) in [5.74, 6) is 2.86. The topological polar surface area (TPSA) is 86.3 Å². The number of hydrogen-bond acceptors (Lipinski definition) is 6. The molecular weight excluding hydrogens is 268 g/mol. The van der Waals surface area contributed by atoms with Crippen molar-refractivity contribution < 1.29 is 0 Å². The van der Waals surface area contributed by atoms with Crippen molar-refractivity contribution in [1.82, 2.24) is 40.3 Å². The van der Waals surface area contributed by atoms with Crippen LogP contribution in [0.4, 0.5) is 0 Å². The smallest absolute Gasteiger partial charge is 0.165 e. The second kappa shape index (κ2) is 6.30. The van der Waals surface area contributed by atoms with Crippen LogP contribution in [0.25, 0.3) is 0 Å². The van der Waals surface area contributed by atoms with Crippen molar-refractivity contribution in [3.8, 4) is 0 Å². The van der Waals surface area contributed by atoms with Gasteiger partial charge in [0.15, 0.2) is 5.82 Å². The second-order valence-corrected chi connectivity index (χ2v) is 5.55. The highest BCUT2D eigenvalue weighted by Crippen LogP contribution is 2.13. The van der Waals surface area contributed by atoms with E-state index in [9.17, 15) is 0 Å². The molecule has 0 aliphatic carbocycles. The van der Waals surface area contributed by atoms with Crippen LogP contribution in [-0.2, 0) is 26.1 Å². The molecule has 8 nitrogen and oxygen atoms in total. The largest absolute Gasteiger partial charge is 0.305 e. The number of fused-ring (bicyclic) bond motifs is 1. The molecule has 3 heterocycles. The van der Waals surface area contributed by atoms with Gasteiger partial charge in [-0.3, -0.25) is 0 Å². The lowest BCUT2D eigenvalue weighted by Crippen LogP contribution is -2.38. The van der Waals surface area contributed by atoms with E-state index in [0.717, 1.165) is 56.2 Å². The minimum atomic E-state index is 0.398. The van der Waals surface area contributed by atoms with Crippen LogP contribution in [0.5, 0.6) is 0 Å². The van der Waals surface area contributed by atoms with Gasteiger partial charge in [0, 0.05) is 19.0 Å². The van der Waals surface area contributed by atoms with Crippen LogP contribution >= 0.6 is 0 Å². The van der Waals surface area contributed by atoms with Crippen LogP contribution in [0.3, 0.4) is 0 Å². The first-order chi connectivity index (χ1) is 10.3. The van der Waals surface area contributed by atoms with Crippen LogP contribution in [0, 0.1) is 6.92 Å². The molecular formula is C13H22N8. The van der Waals surface area contributed by atoms with Crippen molar-refractivity contribution in [3.63, 3.8) is 0 Å². The number of aryl methyl sites for hydroxylation is 3. The molecule has 1 aliphatic heterocycles. The maximum absolute atomic E-state index is 4.43. The van der Waals surface area contributed by atoms with E-state index in [1.807, 2.05) is 16.3 Å². The molecule has 0 spiro atoms. The summed E-state index contributed by atoms with van der Waals surface area (Å²) < 4.78 is 3.90. The molecule has 0 saturated heterocycles. The SMILES string of the molecule is CCCCn1nnnc1CNC1CCc2nc(C)nn2C1. The minimum Gasteiger partial charge on any atom is -0.305 e. The third-order valence-corrected chi connectivity index (χ3v) is 3.84. The van der Waals surface area contributed by atoms with Crippen molar-refractivity contribution in [2.24, 2.45) is 0 Å². The summed E-state index contributed by atoms with van der Waals surface area (Å²) in [7, 11) is 0. The van der Waals surface area contributed by atoms with Gasteiger partial charge in [0.25, 0.3) is 0 Å². The number of rotatable bonds is 6. The number of unbranched alkanes of at least 4 members (excludes halogenated alkanes) is 1. The van der Waals surface area contributed by atoms with E-state index in [1.54, 1.807) is 0 Å². The molecule has 1 aliphatic rings. The van der Waals surface area contributed by atoms with Crippen molar-refractivity contribution in [1.29, 1.82) is 0 Å². The zero-order chi connectivity index (χ0) is 14.7. The Kier molecular flexibility index (Phi) is 4.23. The van der Waals surface area contributed by atoms with E-state index in [4.69, 9.17) is 0 Å². The second-order valence-electron chi connectivity index (χ2n) is 5.55. The van der Waals surface area contributed by atoms with E-state index in [2.05, 4.69) is 37.8 Å². The van der Waals surface area contributed by atoms with Crippen molar-refractivity contribution in [2.75, 3.05) is 0 Å². The lowest BCUT2D eigenvalue weighted by atomic mass is 10.1. The van der Waals surface area contributed by atoms with Crippen molar-refractivity contribution in [3.05, 3.63) is 17.5 Å². The first-order valence-electron chi connectivity index (χ1n) is 7.65. The fourth-order valence-electron chi connectivity index (χ4n) is 2.67. The highest BCUT2D eigenvalue weighted by molar-refractivity contribution is 4.97. The third kappa shape index (κ3) is 3.26. The summed E-state index contributed by atoms with van der Waals surface area (Å²) >= 11 is 0. The van der Waals surface area contributed by atoms with E-state index in [0.29, 0.717) is 12.6 Å². The number of nitrogens with one attached hydrogen (secondary N) is 1. The first kappa shape index (κ1) is 14.1. The molecule has 1 unspecified atom stereocenters. The Bertz CT molecular complexity index is 587. The van der Waals surface area contributed by atoms with Gasteiger partial charge in [-0.25, -0.2) is 14.3 Å². The molecule has 21 heavy (non-hydrogen) atoms. The maximum Gasteiger partial charge on any atom is 0.165 e. The summed E-state index contributed by atoms with van der Waals surface area (Å²) in [4.78, 5) is 4.43. The van der Waals surface area contributed by atoms with Gasteiger partial charge < -0.3 is 5.32 Å². The Labute approximate surface area is 123 Å². The zero-order valence-electron chi connectivity index (χ0n) is 12.7. The zero-order valence-corrected chi connectivity index (χ0v) is 12.7. The average Bonchev–Trinajstić information content (AvgIpc) is 3.07. The number of nitrogens with zero attached hydrogens (tertiary/aromatic N) is 7. The van der Waals surface area contributed by atoms with E-state index in [1.165, 1.54) is 0 Å². The van der Waals surface area contributed by atoms with Gasteiger partial charge in [-0.1, -0.05) is 13.3 Å².